The molecule has 1 aliphatic carbocycles. The highest BCUT2D eigenvalue weighted by Crippen LogP contribution is 2.48. The number of guanidine groups is 1. The number of hydrogen-bond donors (Lipinski definition) is 2. The van der Waals surface area contributed by atoms with Gasteiger partial charge >= 0.3 is 0 Å². The summed E-state index contributed by atoms with van der Waals surface area (Å²) in [7, 11) is 0. The van der Waals surface area contributed by atoms with Crippen molar-refractivity contribution in [3.63, 3.8) is 0 Å². The summed E-state index contributed by atoms with van der Waals surface area (Å²) < 4.78 is 5.68. The molecule has 2 N–H and O–H groups in total. The van der Waals surface area contributed by atoms with Gasteiger partial charge < -0.3 is 15.4 Å². The van der Waals surface area contributed by atoms with Gasteiger partial charge in [-0.1, -0.05) is 30.3 Å². The highest BCUT2D eigenvalue weighted by molar-refractivity contribution is 14.0. The summed E-state index contributed by atoms with van der Waals surface area (Å²) in [4.78, 5) is 4.84. The molecule has 0 aromatic heterocycles. The molecule has 134 valence electrons. The summed E-state index contributed by atoms with van der Waals surface area (Å²) in [6.07, 6.45) is 6.40. The van der Waals surface area contributed by atoms with Crippen LogP contribution in [0.4, 0.5) is 0 Å². The van der Waals surface area contributed by atoms with E-state index in [4.69, 9.17) is 9.73 Å². The zero-order chi connectivity index (χ0) is 16.0. The maximum atomic E-state index is 5.68. The number of halogens is 1. The number of hydrogen-bond acceptors (Lipinski definition) is 2. The summed E-state index contributed by atoms with van der Waals surface area (Å²) in [6.45, 7) is 5.73. The summed E-state index contributed by atoms with van der Waals surface area (Å²) in [5.74, 6) is 0.938. The number of aliphatic imine (C=N–C) groups is 1. The largest absolute Gasteiger partial charge is 0.378 e. The molecule has 0 radical (unpaired) electrons. The second-order valence-corrected chi connectivity index (χ2v) is 6.69. The van der Waals surface area contributed by atoms with Crippen LogP contribution in [0.25, 0.3) is 0 Å². The second-order valence-electron chi connectivity index (χ2n) is 6.69. The maximum Gasteiger partial charge on any atom is 0.191 e. The fourth-order valence-corrected chi connectivity index (χ4v) is 3.28. The van der Waals surface area contributed by atoms with Crippen LogP contribution in [0, 0.1) is 0 Å². The molecule has 0 spiro atoms. The minimum atomic E-state index is 0. The summed E-state index contributed by atoms with van der Waals surface area (Å²) in [6, 6.07) is 10.8. The molecule has 1 unspecified atom stereocenters. The number of ether oxygens (including phenoxy) is 1. The first-order valence-corrected chi connectivity index (χ1v) is 9.02. The van der Waals surface area contributed by atoms with Crippen molar-refractivity contribution in [3.05, 3.63) is 35.9 Å². The Morgan fingerprint density at radius 2 is 2.04 bits per heavy atom. The van der Waals surface area contributed by atoms with Crippen LogP contribution in [-0.4, -0.2) is 38.3 Å². The molecule has 0 amide bonds. The molecular formula is C19H30IN3O. The first-order valence-electron chi connectivity index (χ1n) is 9.02. The van der Waals surface area contributed by atoms with Crippen LogP contribution >= 0.6 is 24.0 Å². The van der Waals surface area contributed by atoms with Crippen LogP contribution in [-0.2, 0) is 10.2 Å². The van der Waals surface area contributed by atoms with E-state index in [1.807, 2.05) is 0 Å². The minimum Gasteiger partial charge on any atom is -0.378 e. The molecule has 5 heteroatoms. The van der Waals surface area contributed by atoms with Gasteiger partial charge in [-0.15, -0.1) is 24.0 Å². The molecular weight excluding hydrogens is 413 g/mol. The van der Waals surface area contributed by atoms with Crippen molar-refractivity contribution in [2.75, 3.05) is 26.2 Å². The average molecular weight is 443 g/mol. The van der Waals surface area contributed by atoms with Gasteiger partial charge in [0.25, 0.3) is 0 Å². The van der Waals surface area contributed by atoms with E-state index in [0.717, 1.165) is 38.6 Å². The number of rotatable bonds is 7. The lowest BCUT2D eigenvalue weighted by Gasteiger charge is -2.16. The summed E-state index contributed by atoms with van der Waals surface area (Å²) in [5, 5.41) is 6.82. The van der Waals surface area contributed by atoms with Gasteiger partial charge in [-0.25, -0.2) is 0 Å². The molecule has 2 aliphatic rings. The molecule has 4 nitrogen and oxygen atoms in total. The quantitative estimate of drug-likeness (QED) is 0.386. The molecule has 1 aromatic carbocycles. The van der Waals surface area contributed by atoms with Crippen molar-refractivity contribution in [2.24, 2.45) is 4.99 Å². The Morgan fingerprint density at radius 1 is 1.25 bits per heavy atom. The van der Waals surface area contributed by atoms with Crippen LogP contribution in [0.5, 0.6) is 0 Å². The molecule has 1 aliphatic heterocycles. The molecule has 3 rings (SSSR count). The van der Waals surface area contributed by atoms with Crippen LogP contribution in [0.3, 0.4) is 0 Å². The molecule has 1 aromatic rings. The van der Waals surface area contributed by atoms with Crippen molar-refractivity contribution in [3.8, 4) is 0 Å². The van der Waals surface area contributed by atoms with Crippen molar-refractivity contribution < 1.29 is 4.74 Å². The van der Waals surface area contributed by atoms with Gasteiger partial charge in [0, 0.05) is 25.1 Å². The van der Waals surface area contributed by atoms with E-state index in [9.17, 15) is 0 Å². The van der Waals surface area contributed by atoms with Gasteiger partial charge in [0.05, 0.1) is 12.6 Å². The first-order chi connectivity index (χ1) is 11.3. The van der Waals surface area contributed by atoms with Gasteiger partial charge in [0.15, 0.2) is 5.96 Å². The lowest BCUT2D eigenvalue weighted by molar-refractivity contribution is 0.105. The second kappa shape index (κ2) is 9.61. The third-order valence-electron chi connectivity index (χ3n) is 4.91. The summed E-state index contributed by atoms with van der Waals surface area (Å²) in [5.41, 5.74) is 1.71. The molecule has 24 heavy (non-hydrogen) atoms. The molecule has 1 heterocycles. The van der Waals surface area contributed by atoms with Crippen molar-refractivity contribution in [1.29, 1.82) is 0 Å². The zero-order valence-corrected chi connectivity index (χ0v) is 16.9. The highest BCUT2D eigenvalue weighted by Gasteiger charge is 2.43. The SMILES string of the molecule is CCNC(=NCC1(c2ccccc2)CC1)NCCC1CCCO1.I. The fourth-order valence-electron chi connectivity index (χ4n) is 3.28. The van der Waals surface area contributed by atoms with Crippen molar-refractivity contribution in [2.45, 2.75) is 50.5 Å². The number of benzene rings is 1. The molecule has 1 saturated heterocycles. The Kier molecular flexibility index (Phi) is 7.81. The monoisotopic (exact) mass is 443 g/mol. The Morgan fingerprint density at radius 3 is 2.67 bits per heavy atom. The van der Waals surface area contributed by atoms with E-state index < -0.39 is 0 Å². The fraction of sp³-hybridized carbons (Fsp3) is 0.632. The van der Waals surface area contributed by atoms with Crippen LogP contribution in [0.1, 0.15) is 44.6 Å². The van der Waals surface area contributed by atoms with Gasteiger partial charge in [0.1, 0.15) is 0 Å². The predicted octanol–water partition coefficient (Wildman–Crippen LogP) is 3.46. The van der Waals surface area contributed by atoms with E-state index in [-0.39, 0.29) is 29.4 Å². The average Bonchev–Trinajstić information content (AvgIpc) is 3.21. The van der Waals surface area contributed by atoms with Gasteiger partial charge in [-0.2, -0.15) is 0 Å². The standard InChI is InChI=1S/C19H29N3O.HI/c1-2-20-18(21-13-10-17-9-6-14-23-17)22-15-19(11-12-19)16-7-4-3-5-8-16;/h3-5,7-8,17H,2,6,9-15H2,1H3,(H2,20,21,22);1H. The lowest BCUT2D eigenvalue weighted by Crippen LogP contribution is -2.39. The molecule has 2 fully saturated rings. The van der Waals surface area contributed by atoms with E-state index in [1.165, 1.54) is 31.2 Å². The first kappa shape index (κ1) is 19.5. The van der Waals surface area contributed by atoms with Gasteiger partial charge in [-0.3, -0.25) is 4.99 Å². The third-order valence-corrected chi connectivity index (χ3v) is 4.91. The normalized spacial score (nSPS) is 21.9. The Bertz CT molecular complexity index is 511. The van der Waals surface area contributed by atoms with E-state index >= 15 is 0 Å². The zero-order valence-electron chi connectivity index (χ0n) is 14.6. The van der Waals surface area contributed by atoms with E-state index in [0.29, 0.717) is 6.10 Å². The minimum absolute atomic E-state index is 0. The Balaban J connectivity index is 0.00000208. The predicted molar refractivity (Wildman–Crippen MR) is 110 cm³/mol. The molecule has 1 atom stereocenters. The van der Waals surface area contributed by atoms with Crippen molar-refractivity contribution in [1.82, 2.24) is 10.6 Å². The van der Waals surface area contributed by atoms with E-state index in [1.54, 1.807) is 0 Å². The lowest BCUT2D eigenvalue weighted by atomic mass is 9.96. The van der Waals surface area contributed by atoms with Crippen molar-refractivity contribution >= 4 is 29.9 Å². The van der Waals surface area contributed by atoms with Crippen LogP contribution < -0.4 is 10.6 Å². The Labute approximate surface area is 162 Å². The van der Waals surface area contributed by atoms with Crippen LogP contribution in [0.15, 0.2) is 35.3 Å². The van der Waals surface area contributed by atoms with Gasteiger partial charge in [0.2, 0.25) is 0 Å². The third kappa shape index (κ3) is 5.34. The van der Waals surface area contributed by atoms with Gasteiger partial charge in [-0.05, 0) is 44.6 Å². The Hall–Kier alpha value is -0.820. The van der Waals surface area contributed by atoms with Crippen LogP contribution in [0.2, 0.25) is 0 Å². The molecule has 0 bridgehead atoms. The van der Waals surface area contributed by atoms with E-state index in [2.05, 4.69) is 47.9 Å². The smallest absolute Gasteiger partial charge is 0.191 e. The number of nitrogens with one attached hydrogen (secondary N) is 2. The maximum absolute atomic E-state index is 5.68. The topological polar surface area (TPSA) is 45.7 Å². The molecule has 1 saturated carbocycles. The highest BCUT2D eigenvalue weighted by atomic mass is 127. The summed E-state index contributed by atoms with van der Waals surface area (Å²) >= 11 is 0. The number of nitrogens with zero attached hydrogens (tertiary/aromatic N) is 1.